The molecule has 6 nitrogen and oxygen atoms in total. The van der Waals surface area contributed by atoms with Crippen molar-refractivity contribution in [2.24, 2.45) is 0 Å². The average Bonchev–Trinajstić information content (AvgIpc) is 2.83. The van der Waals surface area contributed by atoms with Gasteiger partial charge in [0, 0.05) is 24.6 Å². The van der Waals surface area contributed by atoms with Gasteiger partial charge >= 0.3 is 0 Å². The molecule has 0 bridgehead atoms. The molecule has 0 aliphatic rings. The summed E-state index contributed by atoms with van der Waals surface area (Å²) >= 11 is 0. The Bertz CT molecular complexity index is 1170. The first-order valence-electron chi connectivity index (χ1n) is 10.0. The van der Waals surface area contributed by atoms with Gasteiger partial charge in [-0.1, -0.05) is 42.5 Å². The highest BCUT2D eigenvalue weighted by molar-refractivity contribution is 5.89. The molecular formula is C25H25N3O3. The number of hydrogen-bond donors (Lipinski definition) is 1. The normalized spacial score (nSPS) is 11.8. The van der Waals surface area contributed by atoms with Gasteiger partial charge in [0.25, 0.3) is 0 Å². The highest BCUT2D eigenvalue weighted by Crippen LogP contribution is 2.29. The number of nitrogens with one attached hydrogen (secondary N) is 1. The zero-order chi connectivity index (χ0) is 21.6. The lowest BCUT2D eigenvalue weighted by atomic mass is 10.1. The van der Waals surface area contributed by atoms with Crippen molar-refractivity contribution in [2.45, 2.75) is 12.6 Å². The molecular weight excluding hydrogens is 390 g/mol. The van der Waals surface area contributed by atoms with Crippen LogP contribution in [0.3, 0.4) is 0 Å². The third kappa shape index (κ3) is 4.44. The maximum atomic E-state index is 5.77. The van der Waals surface area contributed by atoms with E-state index >= 15 is 0 Å². The van der Waals surface area contributed by atoms with Crippen LogP contribution in [0, 0.1) is 0 Å². The van der Waals surface area contributed by atoms with Gasteiger partial charge in [-0.15, -0.1) is 0 Å². The van der Waals surface area contributed by atoms with E-state index in [1.165, 1.54) is 0 Å². The Labute approximate surface area is 181 Å². The Hall–Kier alpha value is -3.64. The standard InChI is InChI=1S/C25H25N3O3/c1-29-19-13-14-22(30-2)18(15-19)16-26-24-20-11-7-8-12-21(20)27-25(28-24)23(31-3)17-9-5-4-6-10-17/h4-15,23H,16H2,1-3H3,(H,26,27,28). The Balaban J connectivity index is 1.72. The van der Waals surface area contributed by atoms with E-state index in [0.29, 0.717) is 12.4 Å². The van der Waals surface area contributed by atoms with Crippen LogP contribution in [-0.2, 0) is 11.3 Å². The molecule has 4 aromatic rings. The molecule has 31 heavy (non-hydrogen) atoms. The lowest BCUT2D eigenvalue weighted by Gasteiger charge is -2.18. The van der Waals surface area contributed by atoms with Crippen LogP contribution in [0.1, 0.15) is 23.1 Å². The van der Waals surface area contributed by atoms with E-state index in [-0.39, 0.29) is 6.10 Å². The molecule has 0 saturated carbocycles. The maximum absolute atomic E-state index is 5.77. The van der Waals surface area contributed by atoms with Gasteiger partial charge < -0.3 is 19.5 Å². The van der Waals surface area contributed by atoms with Crippen molar-refractivity contribution in [2.75, 3.05) is 26.6 Å². The van der Waals surface area contributed by atoms with Gasteiger partial charge in [-0.3, -0.25) is 0 Å². The van der Waals surface area contributed by atoms with Gasteiger partial charge in [-0.2, -0.15) is 0 Å². The minimum Gasteiger partial charge on any atom is -0.497 e. The van der Waals surface area contributed by atoms with Crippen molar-refractivity contribution in [3.8, 4) is 11.5 Å². The first-order chi connectivity index (χ1) is 15.2. The number of para-hydroxylation sites is 1. The molecule has 0 saturated heterocycles. The molecule has 3 aromatic carbocycles. The maximum Gasteiger partial charge on any atom is 0.164 e. The smallest absolute Gasteiger partial charge is 0.164 e. The van der Waals surface area contributed by atoms with Crippen LogP contribution in [-0.4, -0.2) is 31.3 Å². The van der Waals surface area contributed by atoms with E-state index in [2.05, 4.69) is 5.32 Å². The van der Waals surface area contributed by atoms with Crippen LogP contribution >= 0.6 is 0 Å². The first kappa shape index (κ1) is 20.6. The highest BCUT2D eigenvalue weighted by atomic mass is 16.5. The SMILES string of the molecule is COc1ccc(OC)c(CNc2nc(C(OC)c3ccccc3)nc3ccccc23)c1. The summed E-state index contributed by atoms with van der Waals surface area (Å²) < 4.78 is 16.6. The molecule has 6 heteroatoms. The van der Waals surface area contributed by atoms with Crippen LogP contribution in [0.15, 0.2) is 72.8 Å². The van der Waals surface area contributed by atoms with Gasteiger partial charge in [0.15, 0.2) is 5.82 Å². The van der Waals surface area contributed by atoms with Crippen molar-refractivity contribution in [1.82, 2.24) is 9.97 Å². The van der Waals surface area contributed by atoms with Crippen LogP contribution < -0.4 is 14.8 Å². The number of rotatable bonds is 8. The molecule has 0 radical (unpaired) electrons. The predicted octanol–water partition coefficient (Wildman–Crippen LogP) is 4.99. The van der Waals surface area contributed by atoms with Gasteiger partial charge in [0.05, 0.1) is 19.7 Å². The second-order valence-electron chi connectivity index (χ2n) is 7.01. The molecule has 0 fully saturated rings. The monoisotopic (exact) mass is 415 g/mol. The topological polar surface area (TPSA) is 65.5 Å². The van der Waals surface area contributed by atoms with Crippen LogP contribution in [0.2, 0.25) is 0 Å². The fourth-order valence-corrected chi connectivity index (χ4v) is 3.56. The molecule has 1 heterocycles. The number of ether oxygens (including phenoxy) is 3. The number of hydrogen-bond acceptors (Lipinski definition) is 6. The lowest BCUT2D eigenvalue weighted by Crippen LogP contribution is -2.12. The number of fused-ring (bicyclic) bond motifs is 1. The molecule has 0 aliphatic carbocycles. The molecule has 1 atom stereocenters. The van der Waals surface area contributed by atoms with Crippen molar-refractivity contribution in [3.63, 3.8) is 0 Å². The molecule has 158 valence electrons. The predicted molar refractivity (Wildman–Crippen MR) is 122 cm³/mol. The van der Waals surface area contributed by atoms with Crippen molar-refractivity contribution in [3.05, 3.63) is 89.7 Å². The van der Waals surface area contributed by atoms with Crippen molar-refractivity contribution in [1.29, 1.82) is 0 Å². The Morgan fingerprint density at radius 1 is 0.839 bits per heavy atom. The summed E-state index contributed by atoms with van der Waals surface area (Å²) in [5, 5.41) is 4.40. The Morgan fingerprint density at radius 2 is 1.61 bits per heavy atom. The Morgan fingerprint density at radius 3 is 2.35 bits per heavy atom. The van der Waals surface area contributed by atoms with Crippen LogP contribution in [0.25, 0.3) is 10.9 Å². The van der Waals surface area contributed by atoms with Gasteiger partial charge in [-0.05, 0) is 35.9 Å². The number of methoxy groups -OCH3 is 3. The summed E-state index contributed by atoms with van der Waals surface area (Å²) in [5.41, 5.74) is 2.82. The van der Waals surface area contributed by atoms with Gasteiger partial charge in [0.2, 0.25) is 0 Å². The molecule has 1 N–H and O–H groups in total. The largest absolute Gasteiger partial charge is 0.497 e. The van der Waals surface area contributed by atoms with Crippen LogP contribution in [0.5, 0.6) is 11.5 Å². The molecule has 0 aliphatic heterocycles. The van der Waals surface area contributed by atoms with E-state index in [4.69, 9.17) is 24.2 Å². The molecule has 4 rings (SSSR count). The fourth-order valence-electron chi connectivity index (χ4n) is 3.56. The minimum atomic E-state index is -0.363. The molecule has 0 spiro atoms. The summed E-state index contributed by atoms with van der Waals surface area (Å²) in [6.45, 7) is 0.518. The average molecular weight is 415 g/mol. The quantitative estimate of drug-likeness (QED) is 0.437. The van der Waals surface area contributed by atoms with E-state index in [1.54, 1.807) is 21.3 Å². The number of aromatic nitrogens is 2. The summed E-state index contributed by atoms with van der Waals surface area (Å²) in [6.07, 6.45) is -0.363. The van der Waals surface area contributed by atoms with Crippen molar-refractivity contribution < 1.29 is 14.2 Å². The zero-order valence-corrected chi connectivity index (χ0v) is 17.8. The van der Waals surface area contributed by atoms with E-state index in [9.17, 15) is 0 Å². The Kier molecular flexibility index (Phi) is 6.29. The lowest BCUT2D eigenvalue weighted by molar-refractivity contribution is 0.129. The van der Waals surface area contributed by atoms with E-state index < -0.39 is 0 Å². The number of anilines is 1. The van der Waals surface area contributed by atoms with Crippen LogP contribution in [0.4, 0.5) is 5.82 Å². The van der Waals surface area contributed by atoms with Gasteiger partial charge in [-0.25, -0.2) is 9.97 Å². The summed E-state index contributed by atoms with van der Waals surface area (Å²) in [5.74, 6) is 2.90. The van der Waals surface area contributed by atoms with Gasteiger partial charge in [0.1, 0.15) is 23.4 Å². The summed E-state index contributed by atoms with van der Waals surface area (Å²) in [6, 6.07) is 23.6. The molecule has 0 amide bonds. The molecule has 1 aromatic heterocycles. The summed E-state index contributed by atoms with van der Waals surface area (Å²) in [7, 11) is 4.98. The van der Waals surface area contributed by atoms with Crippen molar-refractivity contribution >= 4 is 16.7 Å². The number of benzene rings is 3. The first-order valence-corrected chi connectivity index (χ1v) is 10.0. The third-order valence-corrected chi connectivity index (χ3v) is 5.13. The summed E-state index contributed by atoms with van der Waals surface area (Å²) in [4.78, 5) is 9.62. The fraction of sp³-hybridized carbons (Fsp3) is 0.200. The third-order valence-electron chi connectivity index (χ3n) is 5.13. The van der Waals surface area contributed by atoms with E-state index in [0.717, 1.165) is 39.3 Å². The number of nitrogens with zero attached hydrogens (tertiary/aromatic N) is 2. The molecule has 1 unspecified atom stereocenters. The minimum absolute atomic E-state index is 0.363. The van der Waals surface area contributed by atoms with E-state index in [1.807, 2.05) is 72.8 Å². The second-order valence-corrected chi connectivity index (χ2v) is 7.01. The second kappa shape index (κ2) is 9.45. The zero-order valence-electron chi connectivity index (χ0n) is 17.8. The highest BCUT2D eigenvalue weighted by Gasteiger charge is 2.19.